The van der Waals surface area contributed by atoms with Crippen molar-refractivity contribution in [3.63, 3.8) is 0 Å². The molecule has 3 heteroatoms. The van der Waals surface area contributed by atoms with E-state index in [-0.39, 0.29) is 0 Å². The molecule has 2 rings (SSSR count). The summed E-state index contributed by atoms with van der Waals surface area (Å²) < 4.78 is 11.3. The fourth-order valence-corrected chi connectivity index (χ4v) is 2.14. The standard InChI is InChI=1S/C18H23NO2/c1-3-20-17-11-7-8-12-18(17)21-14-13-19-15(2)16-9-5-4-6-10-16/h4-12,15,19H,3,13-14H2,1-2H3. The van der Waals surface area contributed by atoms with Crippen LogP contribution in [-0.2, 0) is 0 Å². The molecular weight excluding hydrogens is 262 g/mol. The first kappa shape index (κ1) is 15.4. The van der Waals surface area contributed by atoms with E-state index in [1.165, 1.54) is 5.56 Å². The van der Waals surface area contributed by atoms with Crippen LogP contribution in [0.4, 0.5) is 0 Å². The average Bonchev–Trinajstić information content (AvgIpc) is 2.54. The molecule has 1 N–H and O–H groups in total. The second-order valence-corrected chi connectivity index (χ2v) is 4.81. The van der Waals surface area contributed by atoms with Crippen LogP contribution < -0.4 is 14.8 Å². The largest absolute Gasteiger partial charge is 0.490 e. The Labute approximate surface area is 126 Å². The third-order valence-electron chi connectivity index (χ3n) is 3.26. The molecule has 0 spiro atoms. The Hall–Kier alpha value is -2.00. The lowest BCUT2D eigenvalue weighted by Gasteiger charge is -2.15. The Morgan fingerprint density at radius 1 is 0.905 bits per heavy atom. The van der Waals surface area contributed by atoms with Gasteiger partial charge in [0.25, 0.3) is 0 Å². The minimum absolute atomic E-state index is 0.317. The van der Waals surface area contributed by atoms with E-state index in [4.69, 9.17) is 9.47 Å². The van der Waals surface area contributed by atoms with Gasteiger partial charge in [0.2, 0.25) is 0 Å². The first-order valence-electron chi connectivity index (χ1n) is 7.44. The van der Waals surface area contributed by atoms with Gasteiger partial charge in [-0.1, -0.05) is 42.5 Å². The molecule has 0 aliphatic rings. The summed E-state index contributed by atoms with van der Waals surface area (Å²) in [4.78, 5) is 0. The van der Waals surface area contributed by atoms with Crippen LogP contribution in [0.15, 0.2) is 54.6 Å². The van der Waals surface area contributed by atoms with Crippen molar-refractivity contribution in [3.05, 3.63) is 60.2 Å². The fourth-order valence-electron chi connectivity index (χ4n) is 2.14. The number of para-hydroxylation sites is 2. The van der Waals surface area contributed by atoms with Gasteiger partial charge in [-0.15, -0.1) is 0 Å². The summed E-state index contributed by atoms with van der Waals surface area (Å²) in [6.07, 6.45) is 0. The lowest BCUT2D eigenvalue weighted by atomic mass is 10.1. The zero-order valence-corrected chi connectivity index (χ0v) is 12.7. The van der Waals surface area contributed by atoms with E-state index in [1.54, 1.807) is 0 Å². The summed E-state index contributed by atoms with van der Waals surface area (Å²) in [5.74, 6) is 1.60. The van der Waals surface area contributed by atoms with Gasteiger partial charge in [0.05, 0.1) is 6.61 Å². The molecule has 21 heavy (non-hydrogen) atoms. The van der Waals surface area contributed by atoms with Crippen molar-refractivity contribution < 1.29 is 9.47 Å². The number of hydrogen-bond acceptors (Lipinski definition) is 3. The molecule has 0 aliphatic carbocycles. The molecule has 0 radical (unpaired) electrons. The molecule has 2 aromatic carbocycles. The molecule has 2 aromatic rings. The van der Waals surface area contributed by atoms with Crippen molar-refractivity contribution >= 4 is 0 Å². The van der Waals surface area contributed by atoms with E-state index < -0.39 is 0 Å². The highest BCUT2D eigenvalue weighted by atomic mass is 16.5. The summed E-state index contributed by atoms with van der Waals surface area (Å²) in [6.45, 7) is 6.17. The molecule has 1 unspecified atom stereocenters. The zero-order valence-electron chi connectivity index (χ0n) is 12.7. The highest BCUT2D eigenvalue weighted by Gasteiger charge is 2.05. The molecule has 0 saturated heterocycles. The number of nitrogens with one attached hydrogen (secondary N) is 1. The number of ether oxygens (including phenoxy) is 2. The van der Waals surface area contributed by atoms with Crippen molar-refractivity contribution in [1.29, 1.82) is 0 Å². The van der Waals surface area contributed by atoms with Crippen molar-refractivity contribution in [1.82, 2.24) is 5.32 Å². The quantitative estimate of drug-likeness (QED) is 0.748. The Balaban J connectivity index is 1.77. The summed E-state index contributed by atoms with van der Waals surface area (Å²) in [7, 11) is 0. The van der Waals surface area contributed by atoms with Crippen LogP contribution in [-0.4, -0.2) is 19.8 Å². The Kier molecular flexibility index (Phi) is 6.10. The Morgan fingerprint density at radius 3 is 2.19 bits per heavy atom. The third kappa shape index (κ3) is 4.80. The zero-order chi connectivity index (χ0) is 14.9. The first-order chi connectivity index (χ1) is 10.3. The molecule has 0 aromatic heterocycles. The molecule has 0 amide bonds. The smallest absolute Gasteiger partial charge is 0.161 e. The summed E-state index contributed by atoms with van der Waals surface area (Å²) in [5.41, 5.74) is 1.28. The van der Waals surface area contributed by atoms with Gasteiger partial charge < -0.3 is 14.8 Å². The minimum atomic E-state index is 0.317. The van der Waals surface area contributed by atoms with Crippen LogP contribution in [0, 0.1) is 0 Å². The van der Waals surface area contributed by atoms with E-state index in [9.17, 15) is 0 Å². The van der Waals surface area contributed by atoms with Crippen molar-refractivity contribution in [2.24, 2.45) is 0 Å². The maximum absolute atomic E-state index is 5.79. The number of rotatable bonds is 8. The average molecular weight is 285 g/mol. The van der Waals surface area contributed by atoms with Gasteiger partial charge >= 0.3 is 0 Å². The van der Waals surface area contributed by atoms with Gasteiger partial charge in [0.15, 0.2) is 11.5 Å². The Morgan fingerprint density at radius 2 is 1.52 bits per heavy atom. The fraction of sp³-hybridized carbons (Fsp3) is 0.333. The maximum atomic E-state index is 5.79. The van der Waals surface area contributed by atoms with Gasteiger partial charge in [-0.3, -0.25) is 0 Å². The first-order valence-corrected chi connectivity index (χ1v) is 7.44. The van der Waals surface area contributed by atoms with Crippen molar-refractivity contribution in [2.45, 2.75) is 19.9 Å². The molecule has 112 valence electrons. The van der Waals surface area contributed by atoms with E-state index in [2.05, 4.69) is 36.5 Å². The minimum Gasteiger partial charge on any atom is -0.490 e. The second kappa shape index (κ2) is 8.32. The highest BCUT2D eigenvalue weighted by Crippen LogP contribution is 2.26. The van der Waals surface area contributed by atoms with Crippen molar-refractivity contribution in [3.8, 4) is 11.5 Å². The number of benzene rings is 2. The molecule has 3 nitrogen and oxygen atoms in total. The number of hydrogen-bond donors (Lipinski definition) is 1. The molecule has 0 saturated carbocycles. The summed E-state index contributed by atoms with van der Waals surface area (Å²) in [5, 5.41) is 3.45. The topological polar surface area (TPSA) is 30.5 Å². The summed E-state index contributed by atoms with van der Waals surface area (Å²) >= 11 is 0. The van der Waals surface area contributed by atoms with Crippen LogP contribution in [0.1, 0.15) is 25.5 Å². The van der Waals surface area contributed by atoms with Gasteiger partial charge in [-0.05, 0) is 31.5 Å². The van der Waals surface area contributed by atoms with E-state index >= 15 is 0 Å². The predicted octanol–water partition coefficient (Wildman–Crippen LogP) is 3.81. The molecule has 1 atom stereocenters. The van der Waals surface area contributed by atoms with Crippen molar-refractivity contribution in [2.75, 3.05) is 19.8 Å². The van der Waals surface area contributed by atoms with Gasteiger partial charge in [0.1, 0.15) is 6.61 Å². The SMILES string of the molecule is CCOc1ccccc1OCCNC(C)c1ccccc1. The highest BCUT2D eigenvalue weighted by molar-refractivity contribution is 5.39. The van der Waals surface area contributed by atoms with Crippen LogP contribution in [0.25, 0.3) is 0 Å². The van der Waals surface area contributed by atoms with E-state index in [1.807, 2.05) is 37.3 Å². The summed E-state index contributed by atoms with van der Waals surface area (Å²) in [6, 6.07) is 18.5. The molecule has 0 bridgehead atoms. The lowest BCUT2D eigenvalue weighted by molar-refractivity contribution is 0.273. The monoisotopic (exact) mass is 285 g/mol. The molecule has 0 heterocycles. The molecule has 0 fully saturated rings. The van der Waals surface area contributed by atoms with Gasteiger partial charge in [-0.2, -0.15) is 0 Å². The van der Waals surface area contributed by atoms with Crippen LogP contribution in [0.2, 0.25) is 0 Å². The van der Waals surface area contributed by atoms with Crippen LogP contribution in [0.3, 0.4) is 0 Å². The van der Waals surface area contributed by atoms with E-state index in [0.717, 1.165) is 18.0 Å². The van der Waals surface area contributed by atoms with Crippen LogP contribution >= 0.6 is 0 Å². The second-order valence-electron chi connectivity index (χ2n) is 4.81. The molecular formula is C18H23NO2. The lowest BCUT2D eigenvalue weighted by Crippen LogP contribution is -2.24. The predicted molar refractivity (Wildman–Crippen MR) is 86.0 cm³/mol. The maximum Gasteiger partial charge on any atom is 0.161 e. The van der Waals surface area contributed by atoms with Gasteiger partial charge in [-0.25, -0.2) is 0 Å². The third-order valence-corrected chi connectivity index (χ3v) is 3.26. The Bertz CT molecular complexity index is 528. The van der Waals surface area contributed by atoms with Gasteiger partial charge in [0, 0.05) is 12.6 Å². The van der Waals surface area contributed by atoms with Crippen LogP contribution in [0.5, 0.6) is 11.5 Å². The normalized spacial score (nSPS) is 11.9. The molecule has 0 aliphatic heterocycles. The van der Waals surface area contributed by atoms with E-state index in [0.29, 0.717) is 19.3 Å².